The van der Waals surface area contributed by atoms with E-state index in [2.05, 4.69) is 0 Å². The molecule has 2 N–H and O–H groups in total. The molecule has 1 unspecified atom stereocenters. The summed E-state index contributed by atoms with van der Waals surface area (Å²) in [5.74, 6) is 0. The predicted octanol–water partition coefficient (Wildman–Crippen LogP) is 0.164. The number of hydrogen-bond donors (Lipinski definition) is 1. The van der Waals surface area contributed by atoms with Crippen LogP contribution in [0.1, 0.15) is 25.7 Å². The third kappa shape index (κ3) is 3.41. The molecule has 6 heteroatoms. The van der Waals surface area contributed by atoms with Crippen molar-refractivity contribution in [3.05, 3.63) is 0 Å². The summed E-state index contributed by atoms with van der Waals surface area (Å²) in [6.45, 7) is 0.706. The van der Waals surface area contributed by atoms with E-state index in [1.54, 1.807) is 14.2 Å². The van der Waals surface area contributed by atoms with Gasteiger partial charge in [-0.2, -0.15) is 0 Å². The van der Waals surface area contributed by atoms with Crippen LogP contribution in [0.4, 0.5) is 0 Å². The van der Waals surface area contributed by atoms with Gasteiger partial charge in [0, 0.05) is 26.7 Å². The number of nitrogens with two attached hydrogens (primary N) is 1. The highest BCUT2D eigenvalue weighted by molar-refractivity contribution is 7.89. The first-order valence-electron chi connectivity index (χ1n) is 5.68. The molecular weight excluding hydrogens is 228 g/mol. The average Bonchev–Trinajstić information content (AvgIpc) is 2.70. The molecule has 0 aromatic heterocycles. The van der Waals surface area contributed by atoms with E-state index in [0.717, 1.165) is 25.7 Å². The van der Waals surface area contributed by atoms with Gasteiger partial charge in [0.25, 0.3) is 0 Å². The van der Waals surface area contributed by atoms with Crippen LogP contribution < -0.4 is 5.73 Å². The lowest BCUT2D eigenvalue weighted by Crippen LogP contribution is -2.44. The van der Waals surface area contributed by atoms with Crippen molar-refractivity contribution in [2.75, 3.05) is 27.3 Å². The molecule has 0 aromatic rings. The van der Waals surface area contributed by atoms with E-state index in [0.29, 0.717) is 13.2 Å². The van der Waals surface area contributed by atoms with E-state index < -0.39 is 10.0 Å². The molecule has 0 spiro atoms. The molecule has 0 aromatic carbocycles. The largest absolute Gasteiger partial charge is 0.383 e. The molecule has 0 radical (unpaired) electrons. The fraction of sp³-hybridized carbons (Fsp3) is 1.00. The van der Waals surface area contributed by atoms with Crippen LogP contribution in [0.5, 0.6) is 0 Å². The van der Waals surface area contributed by atoms with Gasteiger partial charge in [-0.25, -0.2) is 12.7 Å². The Labute approximate surface area is 98.0 Å². The Kier molecular flexibility index (Phi) is 5.17. The molecule has 1 atom stereocenters. The number of rotatable bonds is 6. The van der Waals surface area contributed by atoms with Crippen LogP contribution in [0.3, 0.4) is 0 Å². The van der Waals surface area contributed by atoms with Crippen molar-refractivity contribution in [3.63, 3.8) is 0 Å². The molecule has 96 valence electrons. The molecule has 0 bridgehead atoms. The van der Waals surface area contributed by atoms with E-state index in [-0.39, 0.29) is 11.3 Å². The zero-order valence-electron chi connectivity index (χ0n) is 10.1. The van der Waals surface area contributed by atoms with Gasteiger partial charge in [0.05, 0.1) is 11.9 Å². The number of nitrogens with zero attached hydrogens (tertiary/aromatic N) is 1. The molecule has 0 amide bonds. The highest BCUT2D eigenvalue weighted by atomic mass is 32.2. The number of hydrogen-bond acceptors (Lipinski definition) is 4. The van der Waals surface area contributed by atoms with Gasteiger partial charge in [-0.05, 0) is 12.8 Å². The number of ether oxygens (including phenoxy) is 1. The van der Waals surface area contributed by atoms with Crippen molar-refractivity contribution < 1.29 is 13.2 Å². The van der Waals surface area contributed by atoms with Gasteiger partial charge in [-0.3, -0.25) is 0 Å². The highest BCUT2D eigenvalue weighted by Crippen LogP contribution is 2.26. The zero-order chi connectivity index (χ0) is 12.2. The maximum atomic E-state index is 12.1. The van der Waals surface area contributed by atoms with E-state index in [1.165, 1.54) is 4.31 Å². The minimum Gasteiger partial charge on any atom is -0.383 e. The molecule has 16 heavy (non-hydrogen) atoms. The van der Waals surface area contributed by atoms with Crippen molar-refractivity contribution in [1.82, 2.24) is 4.31 Å². The van der Waals surface area contributed by atoms with Crippen LogP contribution in [-0.4, -0.2) is 51.3 Å². The van der Waals surface area contributed by atoms with Gasteiger partial charge in [-0.1, -0.05) is 12.8 Å². The number of sulfonamides is 1. The number of likely N-dealkylation sites (N-methyl/N-ethyl adjacent to an activating group) is 1. The first kappa shape index (κ1) is 13.9. The van der Waals surface area contributed by atoms with Crippen LogP contribution in [0.2, 0.25) is 0 Å². The van der Waals surface area contributed by atoms with E-state index >= 15 is 0 Å². The molecule has 0 aliphatic heterocycles. The predicted molar refractivity (Wildman–Crippen MR) is 63.7 cm³/mol. The third-order valence-electron chi connectivity index (χ3n) is 3.03. The van der Waals surface area contributed by atoms with Gasteiger partial charge in [-0.15, -0.1) is 0 Å². The Balaban J connectivity index is 2.54. The summed E-state index contributed by atoms with van der Waals surface area (Å²) in [4.78, 5) is 0. The lowest BCUT2D eigenvalue weighted by molar-refractivity contribution is 0.173. The fourth-order valence-corrected chi connectivity index (χ4v) is 3.98. The highest BCUT2D eigenvalue weighted by Gasteiger charge is 2.32. The molecule has 0 saturated heterocycles. The molecule has 1 aliphatic carbocycles. The second-order valence-corrected chi connectivity index (χ2v) is 6.77. The number of methoxy groups -OCH3 is 1. The summed E-state index contributed by atoms with van der Waals surface area (Å²) < 4.78 is 30.5. The first-order chi connectivity index (χ1) is 7.48. The zero-order valence-corrected chi connectivity index (χ0v) is 10.9. The minimum atomic E-state index is -3.15. The van der Waals surface area contributed by atoms with Crippen molar-refractivity contribution in [1.29, 1.82) is 0 Å². The second kappa shape index (κ2) is 5.95. The summed E-state index contributed by atoms with van der Waals surface area (Å²) in [7, 11) is 0.00691. The van der Waals surface area contributed by atoms with Gasteiger partial charge >= 0.3 is 0 Å². The Morgan fingerprint density at radius 1 is 1.44 bits per heavy atom. The summed E-state index contributed by atoms with van der Waals surface area (Å²) in [5.41, 5.74) is 5.75. The smallest absolute Gasteiger partial charge is 0.216 e. The van der Waals surface area contributed by atoms with E-state index in [4.69, 9.17) is 10.5 Å². The molecule has 1 aliphatic rings. The topological polar surface area (TPSA) is 72.6 Å². The molecular formula is C10H22N2O3S. The van der Waals surface area contributed by atoms with Gasteiger partial charge < -0.3 is 10.5 Å². The molecule has 5 nitrogen and oxygen atoms in total. The maximum Gasteiger partial charge on any atom is 0.216 e. The van der Waals surface area contributed by atoms with Crippen molar-refractivity contribution in [3.8, 4) is 0 Å². The van der Waals surface area contributed by atoms with Crippen LogP contribution in [-0.2, 0) is 14.8 Å². The Hall–Kier alpha value is -0.170. The molecule has 1 fully saturated rings. The molecule has 1 saturated carbocycles. The van der Waals surface area contributed by atoms with Crippen LogP contribution >= 0.6 is 0 Å². The van der Waals surface area contributed by atoms with Crippen LogP contribution in [0.25, 0.3) is 0 Å². The Morgan fingerprint density at radius 3 is 2.50 bits per heavy atom. The van der Waals surface area contributed by atoms with Crippen LogP contribution in [0, 0.1) is 0 Å². The van der Waals surface area contributed by atoms with Crippen LogP contribution in [0.15, 0.2) is 0 Å². The fourth-order valence-electron chi connectivity index (χ4n) is 2.14. The second-order valence-electron chi connectivity index (χ2n) is 4.45. The summed E-state index contributed by atoms with van der Waals surface area (Å²) in [6, 6.07) is -0.258. The van der Waals surface area contributed by atoms with Gasteiger partial charge in [0.15, 0.2) is 0 Å². The van der Waals surface area contributed by atoms with Crippen molar-refractivity contribution in [2.24, 2.45) is 5.73 Å². The van der Waals surface area contributed by atoms with E-state index in [1.807, 2.05) is 0 Å². The SMILES string of the molecule is COCC(N)CN(C)S(=O)(=O)C1CCCC1. The van der Waals surface area contributed by atoms with Gasteiger partial charge in [0.2, 0.25) is 10.0 Å². The lowest BCUT2D eigenvalue weighted by atomic mass is 10.3. The normalized spacial score (nSPS) is 20.5. The monoisotopic (exact) mass is 250 g/mol. The standard InChI is InChI=1S/C10H22N2O3S/c1-12(7-9(11)8-15-2)16(13,14)10-5-3-4-6-10/h9-10H,3-8,11H2,1-2H3. The molecule has 0 heterocycles. The average molecular weight is 250 g/mol. The minimum absolute atomic E-state index is 0.202. The van der Waals surface area contributed by atoms with E-state index in [9.17, 15) is 8.42 Å². The Bertz CT molecular complexity index is 299. The van der Waals surface area contributed by atoms with Crippen molar-refractivity contribution >= 4 is 10.0 Å². The third-order valence-corrected chi connectivity index (χ3v) is 5.36. The molecule has 1 rings (SSSR count). The Morgan fingerprint density at radius 2 is 2.00 bits per heavy atom. The summed E-state index contributed by atoms with van der Waals surface area (Å²) in [5, 5.41) is -0.202. The lowest BCUT2D eigenvalue weighted by Gasteiger charge is -2.24. The quantitative estimate of drug-likeness (QED) is 0.729. The summed E-state index contributed by atoms with van der Waals surface area (Å²) >= 11 is 0. The maximum absolute atomic E-state index is 12.1. The summed E-state index contributed by atoms with van der Waals surface area (Å²) in [6.07, 6.45) is 3.60. The van der Waals surface area contributed by atoms with Crippen molar-refractivity contribution in [2.45, 2.75) is 37.0 Å². The first-order valence-corrected chi connectivity index (χ1v) is 7.18. The van der Waals surface area contributed by atoms with Gasteiger partial charge in [0.1, 0.15) is 0 Å².